The van der Waals surface area contributed by atoms with E-state index < -0.39 is 0 Å². The maximum absolute atomic E-state index is 13.2. The summed E-state index contributed by atoms with van der Waals surface area (Å²) >= 11 is 0. The van der Waals surface area contributed by atoms with Gasteiger partial charge in [-0.05, 0) is 63.4 Å². The molecule has 0 bridgehead atoms. The molecule has 0 atom stereocenters. The topological polar surface area (TPSA) is 35.5 Å². The highest BCUT2D eigenvalue weighted by atomic mass is 16.5. The van der Waals surface area contributed by atoms with E-state index in [1.807, 2.05) is 36.4 Å². The second-order valence-corrected chi connectivity index (χ2v) is 7.23. The third-order valence-corrected chi connectivity index (χ3v) is 5.71. The third kappa shape index (κ3) is 2.70. The molecule has 4 aromatic rings. The van der Waals surface area contributed by atoms with Gasteiger partial charge in [-0.25, -0.2) is 0 Å². The minimum atomic E-state index is 0.0252. The first-order valence-electron chi connectivity index (χ1n) is 9.61. The molecule has 0 saturated heterocycles. The number of rotatable bonds is 3. The molecule has 1 aliphatic carbocycles. The molecule has 1 aliphatic rings. The number of methoxy groups -OCH3 is 2. The first-order valence-corrected chi connectivity index (χ1v) is 9.61. The van der Waals surface area contributed by atoms with Gasteiger partial charge in [-0.1, -0.05) is 54.6 Å². The fraction of sp³-hybridized carbons (Fsp3) is 0.115. The van der Waals surface area contributed by atoms with Gasteiger partial charge in [0.05, 0.1) is 14.2 Å². The van der Waals surface area contributed by atoms with E-state index in [2.05, 4.69) is 30.3 Å². The molecule has 3 heteroatoms. The van der Waals surface area contributed by atoms with E-state index in [1.54, 1.807) is 20.3 Å². The molecular weight excluding hydrogens is 360 g/mol. The van der Waals surface area contributed by atoms with Crippen molar-refractivity contribution >= 4 is 10.8 Å². The smallest absolute Gasteiger partial charge is 0.187 e. The van der Waals surface area contributed by atoms with Crippen LogP contribution in [-0.4, -0.2) is 14.2 Å². The fourth-order valence-corrected chi connectivity index (χ4v) is 4.37. The number of benzene rings is 3. The van der Waals surface area contributed by atoms with Crippen LogP contribution in [0.25, 0.3) is 33.0 Å². The Morgan fingerprint density at radius 3 is 2.24 bits per heavy atom. The number of ether oxygens (including phenoxy) is 2. The molecule has 0 heterocycles. The van der Waals surface area contributed by atoms with Gasteiger partial charge in [0.15, 0.2) is 16.9 Å². The molecule has 4 aromatic carbocycles. The van der Waals surface area contributed by atoms with Crippen LogP contribution in [0.5, 0.6) is 11.5 Å². The van der Waals surface area contributed by atoms with Gasteiger partial charge >= 0.3 is 0 Å². The van der Waals surface area contributed by atoms with Crippen molar-refractivity contribution in [2.45, 2.75) is 6.42 Å². The Morgan fingerprint density at radius 1 is 0.724 bits per heavy atom. The molecule has 5 rings (SSSR count). The van der Waals surface area contributed by atoms with Crippen molar-refractivity contribution in [2.75, 3.05) is 14.2 Å². The van der Waals surface area contributed by atoms with E-state index in [4.69, 9.17) is 9.47 Å². The Labute approximate surface area is 169 Å². The molecule has 0 spiro atoms. The summed E-state index contributed by atoms with van der Waals surface area (Å²) in [5, 5.41) is 1.78. The van der Waals surface area contributed by atoms with Crippen LogP contribution in [0.15, 0.2) is 77.6 Å². The molecule has 0 saturated carbocycles. The molecule has 0 unspecified atom stereocenters. The third-order valence-electron chi connectivity index (χ3n) is 5.71. The highest BCUT2D eigenvalue weighted by Crippen LogP contribution is 2.45. The van der Waals surface area contributed by atoms with Crippen LogP contribution in [0.4, 0.5) is 0 Å². The van der Waals surface area contributed by atoms with E-state index >= 15 is 0 Å². The van der Waals surface area contributed by atoms with Gasteiger partial charge < -0.3 is 9.47 Å². The number of hydrogen-bond acceptors (Lipinski definition) is 3. The average Bonchev–Trinajstić information content (AvgIpc) is 3.10. The summed E-state index contributed by atoms with van der Waals surface area (Å²) in [7, 11) is 3.25. The van der Waals surface area contributed by atoms with Crippen LogP contribution < -0.4 is 14.9 Å². The molecule has 0 aliphatic heterocycles. The summed E-state index contributed by atoms with van der Waals surface area (Å²) in [6.45, 7) is 0. The number of fused-ring (bicyclic) bond motifs is 5. The van der Waals surface area contributed by atoms with Gasteiger partial charge in [0, 0.05) is 5.39 Å². The zero-order valence-electron chi connectivity index (χ0n) is 16.4. The Kier molecular flexibility index (Phi) is 4.09. The predicted octanol–water partition coefficient (Wildman–Crippen LogP) is 5.46. The summed E-state index contributed by atoms with van der Waals surface area (Å²) in [4.78, 5) is 13.2. The lowest BCUT2D eigenvalue weighted by molar-refractivity contribution is 0.355. The Morgan fingerprint density at radius 2 is 1.45 bits per heavy atom. The largest absolute Gasteiger partial charge is 0.493 e. The molecule has 0 aromatic heterocycles. The Bertz CT molecular complexity index is 1320. The molecule has 0 radical (unpaired) electrons. The van der Waals surface area contributed by atoms with Crippen molar-refractivity contribution in [2.24, 2.45) is 0 Å². The summed E-state index contributed by atoms with van der Waals surface area (Å²) < 4.78 is 10.9. The van der Waals surface area contributed by atoms with Crippen molar-refractivity contribution in [1.82, 2.24) is 0 Å². The fourth-order valence-electron chi connectivity index (χ4n) is 4.37. The molecule has 0 N–H and O–H groups in total. The second kappa shape index (κ2) is 6.78. The second-order valence-electron chi connectivity index (χ2n) is 7.23. The lowest BCUT2D eigenvalue weighted by Gasteiger charge is -2.12. The Hall–Kier alpha value is -3.59. The van der Waals surface area contributed by atoms with Gasteiger partial charge in [0.2, 0.25) is 0 Å². The molecule has 0 fully saturated rings. The SMILES string of the molecule is COc1ccc(-c2cc(=O)c3ccccc3c3c2-c2ccccc2C3)cc1OC. The van der Waals surface area contributed by atoms with E-state index in [0.717, 1.165) is 33.9 Å². The summed E-state index contributed by atoms with van der Waals surface area (Å²) in [6.07, 6.45) is 0.820. The van der Waals surface area contributed by atoms with Gasteiger partial charge in [0.25, 0.3) is 0 Å². The van der Waals surface area contributed by atoms with E-state index in [9.17, 15) is 4.79 Å². The first kappa shape index (κ1) is 17.5. The highest BCUT2D eigenvalue weighted by molar-refractivity contribution is 5.99. The summed E-state index contributed by atoms with van der Waals surface area (Å²) in [5.74, 6) is 1.31. The van der Waals surface area contributed by atoms with Gasteiger partial charge in [-0.3, -0.25) is 4.79 Å². The Balaban J connectivity index is 1.92. The molecule has 142 valence electrons. The van der Waals surface area contributed by atoms with Crippen molar-refractivity contribution in [1.29, 1.82) is 0 Å². The predicted molar refractivity (Wildman–Crippen MR) is 117 cm³/mol. The van der Waals surface area contributed by atoms with Gasteiger partial charge in [-0.2, -0.15) is 0 Å². The van der Waals surface area contributed by atoms with Crippen LogP contribution in [0, 0.1) is 0 Å². The highest BCUT2D eigenvalue weighted by Gasteiger charge is 2.24. The summed E-state index contributed by atoms with van der Waals surface area (Å²) in [6, 6.07) is 23.9. The van der Waals surface area contributed by atoms with Crippen LogP contribution >= 0.6 is 0 Å². The van der Waals surface area contributed by atoms with E-state index in [0.29, 0.717) is 11.5 Å². The van der Waals surface area contributed by atoms with Crippen molar-refractivity contribution in [3.63, 3.8) is 0 Å². The van der Waals surface area contributed by atoms with Crippen molar-refractivity contribution < 1.29 is 9.47 Å². The van der Waals surface area contributed by atoms with Gasteiger partial charge in [0.1, 0.15) is 0 Å². The molecule has 3 nitrogen and oxygen atoms in total. The first-order chi connectivity index (χ1) is 14.2. The standard InChI is InChI=1S/C26H20O3/c1-28-24-12-11-17(14-25(24)29-2)21-15-23(27)20-10-6-5-9-19(20)22-13-16-7-3-4-8-18(16)26(21)22/h3-12,14-15H,13H2,1-2H3. The van der Waals surface area contributed by atoms with Gasteiger partial charge in [-0.15, -0.1) is 0 Å². The summed E-state index contributed by atoms with van der Waals surface area (Å²) in [5.41, 5.74) is 6.69. The molecule has 0 amide bonds. The zero-order chi connectivity index (χ0) is 20.0. The lowest BCUT2D eigenvalue weighted by atomic mass is 9.96. The lowest BCUT2D eigenvalue weighted by Crippen LogP contribution is -1.97. The van der Waals surface area contributed by atoms with Crippen LogP contribution in [0.1, 0.15) is 11.1 Å². The van der Waals surface area contributed by atoms with Crippen molar-refractivity contribution in [3.8, 4) is 33.8 Å². The zero-order valence-corrected chi connectivity index (χ0v) is 16.4. The van der Waals surface area contributed by atoms with E-state index in [1.165, 1.54) is 16.7 Å². The van der Waals surface area contributed by atoms with Crippen LogP contribution in [0.3, 0.4) is 0 Å². The average molecular weight is 380 g/mol. The van der Waals surface area contributed by atoms with Crippen LogP contribution in [0.2, 0.25) is 0 Å². The quantitative estimate of drug-likeness (QED) is 0.417. The van der Waals surface area contributed by atoms with Crippen molar-refractivity contribution in [3.05, 3.63) is 94.1 Å². The number of hydrogen-bond donors (Lipinski definition) is 0. The maximum atomic E-state index is 13.2. The monoisotopic (exact) mass is 380 g/mol. The molecule has 29 heavy (non-hydrogen) atoms. The van der Waals surface area contributed by atoms with Crippen LogP contribution in [-0.2, 0) is 6.42 Å². The maximum Gasteiger partial charge on any atom is 0.187 e. The minimum absolute atomic E-state index is 0.0252. The normalized spacial score (nSPS) is 11.8. The minimum Gasteiger partial charge on any atom is -0.493 e. The molecular formula is C26H20O3. The van der Waals surface area contributed by atoms with E-state index in [-0.39, 0.29) is 5.43 Å².